The van der Waals surface area contributed by atoms with Crippen LogP contribution in [0.2, 0.25) is 0 Å². The molecule has 2 aliphatic rings. The minimum atomic E-state index is -0.932. The lowest BCUT2D eigenvalue weighted by Gasteiger charge is -2.41. The zero-order valence-corrected chi connectivity index (χ0v) is 11.5. The van der Waals surface area contributed by atoms with Gasteiger partial charge in [-0.05, 0) is 31.1 Å². The van der Waals surface area contributed by atoms with E-state index in [1.807, 2.05) is 6.92 Å². The van der Waals surface area contributed by atoms with Gasteiger partial charge in [0.2, 0.25) is 0 Å². The molecular formula is C13H24N4O2. The molecule has 3 unspecified atom stereocenters. The van der Waals surface area contributed by atoms with Crippen LogP contribution >= 0.6 is 0 Å². The Kier molecular flexibility index (Phi) is 5.15. The molecule has 6 heteroatoms. The molecule has 1 aliphatic carbocycles. The topological polar surface area (TPSA) is 85.8 Å². The Morgan fingerprint density at radius 3 is 2.95 bits per heavy atom. The van der Waals surface area contributed by atoms with E-state index in [1.54, 1.807) is 0 Å². The average molecular weight is 268 g/mol. The fourth-order valence-electron chi connectivity index (χ4n) is 3.06. The Labute approximate surface area is 114 Å². The van der Waals surface area contributed by atoms with Gasteiger partial charge in [-0.2, -0.15) is 5.10 Å². The molecular weight excluding hydrogens is 244 g/mol. The van der Waals surface area contributed by atoms with Crippen molar-refractivity contribution in [1.82, 2.24) is 16.3 Å². The van der Waals surface area contributed by atoms with Crippen LogP contribution in [0, 0.1) is 11.8 Å². The molecule has 1 saturated heterocycles. The van der Waals surface area contributed by atoms with E-state index in [0.29, 0.717) is 18.3 Å². The summed E-state index contributed by atoms with van der Waals surface area (Å²) in [5.41, 5.74) is 9.61. The van der Waals surface area contributed by atoms with Gasteiger partial charge in [0.1, 0.15) is 11.9 Å². The predicted octanol–water partition coefficient (Wildman–Crippen LogP) is 1.06. The van der Waals surface area contributed by atoms with Crippen molar-refractivity contribution in [3.63, 3.8) is 0 Å². The van der Waals surface area contributed by atoms with Gasteiger partial charge in [0, 0.05) is 6.54 Å². The molecule has 1 heterocycles. The normalized spacial score (nSPS) is 31.6. The third kappa shape index (κ3) is 3.67. The number of hydrazine groups is 1. The number of hydrogen-bond donors (Lipinski definition) is 4. The first-order valence-electron chi connectivity index (χ1n) is 7.26. The first-order valence-corrected chi connectivity index (χ1v) is 7.26. The van der Waals surface area contributed by atoms with E-state index in [1.165, 1.54) is 25.7 Å². The summed E-state index contributed by atoms with van der Waals surface area (Å²) in [6.07, 6.45) is 6.31. The number of rotatable bonds is 5. The number of carboxylic acids is 1. The van der Waals surface area contributed by atoms with Crippen molar-refractivity contribution in [2.75, 3.05) is 6.54 Å². The van der Waals surface area contributed by atoms with Crippen molar-refractivity contribution in [2.45, 2.75) is 51.6 Å². The van der Waals surface area contributed by atoms with Crippen molar-refractivity contribution in [2.24, 2.45) is 16.9 Å². The number of carboxylic acid groups (broad SMARTS) is 1. The highest BCUT2D eigenvalue weighted by molar-refractivity contribution is 6.35. The van der Waals surface area contributed by atoms with Crippen molar-refractivity contribution >= 4 is 11.7 Å². The molecule has 0 aromatic rings. The van der Waals surface area contributed by atoms with E-state index in [-0.39, 0.29) is 11.9 Å². The zero-order valence-electron chi connectivity index (χ0n) is 11.5. The fraction of sp³-hybridized carbons (Fsp3) is 0.846. The molecule has 0 radical (unpaired) electrons. The number of hydrazone groups is 1. The van der Waals surface area contributed by atoms with Crippen molar-refractivity contribution < 1.29 is 9.90 Å². The highest BCUT2D eigenvalue weighted by Gasteiger charge is 2.34. The maximum absolute atomic E-state index is 11.0. The lowest BCUT2D eigenvalue weighted by Crippen LogP contribution is -2.61. The van der Waals surface area contributed by atoms with Gasteiger partial charge in [-0.15, -0.1) is 0 Å². The highest BCUT2D eigenvalue weighted by Crippen LogP contribution is 2.32. The van der Waals surface area contributed by atoms with E-state index >= 15 is 0 Å². The van der Waals surface area contributed by atoms with Crippen LogP contribution in [0.1, 0.15) is 45.4 Å². The van der Waals surface area contributed by atoms with Gasteiger partial charge in [0.05, 0.1) is 0 Å². The summed E-state index contributed by atoms with van der Waals surface area (Å²) in [7, 11) is 0. The number of fused-ring (bicyclic) bond motifs is 1. The minimum absolute atomic E-state index is 0.0326. The summed E-state index contributed by atoms with van der Waals surface area (Å²) in [6, 6.07) is 0. The van der Waals surface area contributed by atoms with Gasteiger partial charge >= 0.3 is 5.97 Å². The number of nitrogens with zero attached hydrogens (tertiary/aromatic N) is 1. The zero-order chi connectivity index (χ0) is 13.7. The second-order valence-corrected chi connectivity index (χ2v) is 5.45. The molecule has 0 spiro atoms. The Morgan fingerprint density at radius 1 is 1.42 bits per heavy atom. The summed E-state index contributed by atoms with van der Waals surface area (Å²) in [5.74, 6) is 0.274. The van der Waals surface area contributed by atoms with Gasteiger partial charge in [-0.25, -0.2) is 10.2 Å². The van der Waals surface area contributed by atoms with Crippen molar-refractivity contribution in [1.29, 1.82) is 0 Å². The minimum Gasteiger partial charge on any atom is -0.477 e. The van der Waals surface area contributed by atoms with E-state index in [0.717, 1.165) is 13.0 Å². The molecule has 2 rings (SSSR count). The average Bonchev–Trinajstić information content (AvgIpc) is 2.43. The molecule has 1 aliphatic heterocycles. The number of carbonyl (C=O) groups is 1. The maximum atomic E-state index is 11.0. The Bertz CT molecular complexity index is 344. The van der Waals surface area contributed by atoms with Crippen LogP contribution in [0.4, 0.5) is 0 Å². The third-order valence-corrected chi connectivity index (χ3v) is 4.09. The van der Waals surface area contributed by atoms with Gasteiger partial charge in [0.15, 0.2) is 0 Å². The number of hydrogen-bond acceptors (Lipinski definition) is 5. The first-order chi connectivity index (χ1) is 9.22. The first kappa shape index (κ1) is 14.3. The van der Waals surface area contributed by atoms with Gasteiger partial charge in [0.25, 0.3) is 0 Å². The van der Waals surface area contributed by atoms with Gasteiger partial charge in [-0.3, -0.25) is 10.9 Å². The molecule has 0 bridgehead atoms. The molecule has 0 aromatic heterocycles. The van der Waals surface area contributed by atoms with E-state index < -0.39 is 5.97 Å². The lowest BCUT2D eigenvalue weighted by atomic mass is 9.77. The summed E-state index contributed by atoms with van der Waals surface area (Å²) < 4.78 is 0. The molecule has 3 atom stereocenters. The van der Waals surface area contributed by atoms with Crippen LogP contribution in [0.3, 0.4) is 0 Å². The SMILES string of the molecule is CCC/C(=N\NC1NNCC2CCCCC21)C(=O)O. The third-order valence-electron chi connectivity index (χ3n) is 4.09. The number of aliphatic carboxylic acids is 1. The summed E-state index contributed by atoms with van der Waals surface area (Å²) in [6.45, 7) is 2.95. The van der Waals surface area contributed by atoms with E-state index in [9.17, 15) is 4.79 Å². The second kappa shape index (κ2) is 6.86. The largest absolute Gasteiger partial charge is 0.477 e. The van der Waals surface area contributed by atoms with Crippen LogP contribution in [0.25, 0.3) is 0 Å². The van der Waals surface area contributed by atoms with E-state index in [2.05, 4.69) is 21.4 Å². The van der Waals surface area contributed by atoms with Crippen LogP contribution in [0.15, 0.2) is 5.10 Å². The molecule has 0 amide bonds. The van der Waals surface area contributed by atoms with Gasteiger partial charge < -0.3 is 5.11 Å². The summed E-state index contributed by atoms with van der Waals surface area (Å²) in [4.78, 5) is 11.0. The molecule has 6 nitrogen and oxygen atoms in total. The molecule has 0 aromatic carbocycles. The highest BCUT2D eigenvalue weighted by atomic mass is 16.4. The molecule has 19 heavy (non-hydrogen) atoms. The molecule has 2 fully saturated rings. The van der Waals surface area contributed by atoms with Crippen LogP contribution in [-0.2, 0) is 4.79 Å². The smallest absolute Gasteiger partial charge is 0.352 e. The molecule has 1 saturated carbocycles. The van der Waals surface area contributed by atoms with Gasteiger partial charge in [-0.1, -0.05) is 26.2 Å². The van der Waals surface area contributed by atoms with Crippen LogP contribution in [0.5, 0.6) is 0 Å². The standard InChI is InChI=1S/C13H24N4O2/c1-2-5-11(13(18)19)15-17-12-10-7-4-3-6-9(10)8-14-16-12/h9-10,12,14,16-17H,2-8H2,1H3,(H,18,19)/b15-11+. The van der Waals surface area contributed by atoms with Crippen LogP contribution < -0.4 is 16.3 Å². The maximum Gasteiger partial charge on any atom is 0.352 e. The van der Waals surface area contributed by atoms with Crippen LogP contribution in [-0.4, -0.2) is 29.5 Å². The lowest BCUT2D eigenvalue weighted by molar-refractivity contribution is -0.129. The van der Waals surface area contributed by atoms with E-state index in [4.69, 9.17) is 5.11 Å². The Hall–Kier alpha value is -1.14. The molecule has 108 valence electrons. The quantitative estimate of drug-likeness (QED) is 0.442. The summed E-state index contributed by atoms with van der Waals surface area (Å²) in [5, 5.41) is 13.2. The second-order valence-electron chi connectivity index (χ2n) is 5.45. The summed E-state index contributed by atoms with van der Waals surface area (Å²) >= 11 is 0. The Balaban J connectivity index is 1.96. The predicted molar refractivity (Wildman–Crippen MR) is 73.5 cm³/mol. The van der Waals surface area contributed by atoms with Crippen molar-refractivity contribution in [3.05, 3.63) is 0 Å². The van der Waals surface area contributed by atoms with Crippen molar-refractivity contribution in [3.8, 4) is 0 Å². The monoisotopic (exact) mass is 268 g/mol. The molecule has 4 N–H and O–H groups in total. The fourth-order valence-corrected chi connectivity index (χ4v) is 3.06. The Morgan fingerprint density at radius 2 is 2.21 bits per heavy atom. The number of nitrogens with one attached hydrogen (secondary N) is 3.